The summed E-state index contributed by atoms with van der Waals surface area (Å²) in [6.07, 6.45) is 0. The molecular weight excluding hydrogens is 252 g/mol. The van der Waals surface area contributed by atoms with E-state index in [1.165, 1.54) is 0 Å². The molecule has 0 radical (unpaired) electrons. The van der Waals surface area contributed by atoms with Crippen LogP contribution in [-0.2, 0) is 0 Å². The van der Waals surface area contributed by atoms with E-state index < -0.39 is 0 Å². The molecule has 0 fully saturated rings. The minimum absolute atomic E-state index is 0.285. The van der Waals surface area contributed by atoms with Crippen LogP contribution in [0, 0.1) is 6.92 Å². The SMILES string of the molecule is CNC(C)c1csc(-c2ccc(Cl)cc2C)n1. The second-order valence-electron chi connectivity index (χ2n) is 4.05. The van der Waals surface area contributed by atoms with Gasteiger partial charge in [-0.15, -0.1) is 11.3 Å². The minimum atomic E-state index is 0.285. The van der Waals surface area contributed by atoms with Crippen molar-refractivity contribution in [3.05, 3.63) is 39.9 Å². The van der Waals surface area contributed by atoms with Crippen molar-refractivity contribution in [2.75, 3.05) is 7.05 Å². The highest BCUT2D eigenvalue weighted by molar-refractivity contribution is 7.13. The van der Waals surface area contributed by atoms with E-state index in [9.17, 15) is 0 Å². The number of thiazole rings is 1. The quantitative estimate of drug-likeness (QED) is 0.907. The molecule has 1 aromatic carbocycles. The number of aromatic nitrogens is 1. The van der Waals surface area contributed by atoms with E-state index >= 15 is 0 Å². The zero-order valence-electron chi connectivity index (χ0n) is 10.1. The second-order valence-corrected chi connectivity index (χ2v) is 5.34. The Morgan fingerprint density at radius 2 is 2.18 bits per heavy atom. The molecular formula is C13H15ClN2S. The van der Waals surface area contributed by atoms with Crippen LogP contribution < -0.4 is 5.32 Å². The minimum Gasteiger partial charge on any atom is -0.312 e. The maximum atomic E-state index is 5.96. The summed E-state index contributed by atoms with van der Waals surface area (Å²) >= 11 is 7.63. The predicted molar refractivity (Wildman–Crippen MR) is 74.8 cm³/mol. The molecule has 1 N–H and O–H groups in total. The van der Waals surface area contributed by atoms with Crippen molar-refractivity contribution < 1.29 is 0 Å². The Bertz CT molecular complexity index is 522. The number of rotatable bonds is 3. The van der Waals surface area contributed by atoms with E-state index in [4.69, 9.17) is 11.6 Å². The third-order valence-corrected chi connectivity index (χ3v) is 3.95. The van der Waals surface area contributed by atoms with Gasteiger partial charge in [0.1, 0.15) is 5.01 Å². The Hall–Kier alpha value is -0.900. The van der Waals surface area contributed by atoms with Crippen LogP contribution in [0.5, 0.6) is 0 Å². The van der Waals surface area contributed by atoms with Crippen molar-refractivity contribution >= 4 is 22.9 Å². The molecule has 0 amide bonds. The molecule has 0 aliphatic heterocycles. The fraction of sp³-hybridized carbons (Fsp3) is 0.308. The van der Waals surface area contributed by atoms with E-state index in [1.54, 1.807) is 11.3 Å². The Kier molecular flexibility index (Phi) is 3.82. The van der Waals surface area contributed by atoms with E-state index in [2.05, 4.69) is 29.5 Å². The monoisotopic (exact) mass is 266 g/mol. The third-order valence-electron chi connectivity index (χ3n) is 2.82. The van der Waals surface area contributed by atoms with E-state index in [-0.39, 0.29) is 6.04 Å². The van der Waals surface area contributed by atoms with Gasteiger partial charge in [-0.2, -0.15) is 0 Å². The van der Waals surface area contributed by atoms with Crippen molar-refractivity contribution in [2.24, 2.45) is 0 Å². The van der Waals surface area contributed by atoms with Crippen molar-refractivity contribution in [1.29, 1.82) is 0 Å². The number of hydrogen-bond acceptors (Lipinski definition) is 3. The maximum absolute atomic E-state index is 5.96. The van der Waals surface area contributed by atoms with Gasteiger partial charge in [0.25, 0.3) is 0 Å². The number of halogens is 1. The Morgan fingerprint density at radius 3 is 2.82 bits per heavy atom. The molecule has 1 heterocycles. The molecule has 0 aliphatic rings. The van der Waals surface area contributed by atoms with Crippen LogP contribution in [0.2, 0.25) is 5.02 Å². The lowest BCUT2D eigenvalue weighted by atomic mass is 10.1. The maximum Gasteiger partial charge on any atom is 0.123 e. The van der Waals surface area contributed by atoms with Crippen LogP contribution in [-0.4, -0.2) is 12.0 Å². The molecule has 0 saturated heterocycles. The van der Waals surface area contributed by atoms with Gasteiger partial charge in [-0.05, 0) is 38.6 Å². The molecule has 2 rings (SSSR count). The molecule has 1 aromatic heterocycles. The highest BCUT2D eigenvalue weighted by atomic mass is 35.5. The summed E-state index contributed by atoms with van der Waals surface area (Å²) in [6, 6.07) is 6.20. The Balaban J connectivity index is 2.37. The molecule has 0 spiro atoms. The average Bonchev–Trinajstić information content (AvgIpc) is 2.77. The number of aryl methyl sites for hydroxylation is 1. The van der Waals surface area contributed by atoms with Crippen molar-refractivity contribution in [3.8, 4) is 10.6 Å². The zero-order valence-corrected chi connectivity index (χ0v) is 11.7. The van der Waals surface area contributed by atoms with Gasteiger partial charge >= 0.3 is 0 Å². The molecule has 1 atom stereocenters. The summed E-state index contributed by atoms with van der Waals surface area (Å²) < 4.78 is 0. The third kappa shape index (κ3) is 2.68. The number of benzene rings is 1. The van der Waals surface area contributed by atoms with E-state index in [0.29, 0.717) is 0 Å². The summed E-state index contributed by atoms with van der Waals surface area (Å²) in [5.41, 5.74) is 3.41. The second kappa shape index (κ2) is 5.17. The van der Waals surface area contributed by atoms with E-state index in [0.717, 1.165) is 26.9 Å². The van der Waals surface area contributed by atoms with Gasteiger partial charge in [-0.3, -0.25) is 0 Å². The molecule has 0 aliphatic carbocycles. The van der Waals surface area contributed by atoms with Crippen LogP contribution in [0.1, 0.15) is 24.2 Å². The summed E-state index contributed by atoms with van der Waals surface area (Å²) in [5, 5.41) is 7.12. The van der Waals surface area contributed by atoms with Crippen LogP contribution in [0.4, 0.5) is 0 Å². The summed E-state index contributed by atoms with van der Waals surface area (Å²) in [6.45, 7) is 4.16. The molecule has 1 unspecified atom stereocenters. The molecule has 90 valence electrons. The largest absolute Gasteiger partial charge is 0.312 e. The molecule has 0 saturated carbocycles. The lowest BCUT2D eigenvalue weighted by Crippen LogP contribution is -2.12. The van der Waals surface area contributed by atoms with Gasteiger partial charge < -0.3 is 5.32 Å². The van der Waals surface area contributed by atoms with Crippen molar-refractivity contribution in [3.63, 3.8) is 0 Å². The van der Waals surface area contributed by atoms with Crippen LogP contribution >= 0.6 is 22.9 Å². The highest BCUT2D eigenvalue weighted by Crippen LogP contribution is 2.30. The lowest BCUT2D eigenvalue weighted by molar-refractivity contribution is 0.637. The molecule has 2 aromatic rings. The van der Waals surface area contributed by atoms with Gasteiger partial charge in [0.05, 0.1) is 5.69 Å². The first-order valence-corrected chi connectivity index (χ1v) is 6.77. The van der Waals surface area contributed by atoms with Crippen LogP contribution in [0.15, 0.2) is 23.6 Å². The molecule has 0 bridgehead atoms. The van der Waals surface area contributed by atoms with Crippen molar-refractivity contribution in [1.82, 2.24) is 10.3 Å². The highest BCUT2D eigenvalue weighted by Gasteiger charge is 2.11. The topological polar surface area (TPSA) is 24.9 Å². The number of hydrogen-bond donors (Lipinski definition) is 1. The van der Waals surface area contributed by atoms with Gasteiger partial charge in [0, 0.05) is 22.0 Å². The average molecular weight is 267 g/mol. The summed E-state index contributed by atoms with van der Waals surface area (Å²) in [4.78, 5) is 4.65. The zero-order chi connectivity index (χ0) is 12.4. The molecule has 4 heteroatoms. The first kappa shape index (κ1) is 12.6. The Labute approximate surface area is 111 Å². The first-order valence-electron chi connectivity index (χ1n) is 5.51. The number of nitrogens with zero attached hydrogens (tertiary/aromatic N) is 1. The van der Waals surface area contributed by atoms with Gasteiger partial charge in [-0.1, -0.05) is 17.7 Å². The van der Waals surface area contributed by atoms with Gasteiger partial charge in [-0.25, -0.2) is 4.98 Å². The van der Waals surface area contributed by atoms with E-state index in [1.807, 2.05) is 25.2 Å². The smallest absolute Gasteiger partial charge is 0.123 e. The summed E-state index contributed by atoms with van der Waals surface area (Å²) in [7, 11) is 1.94. The standard InChI is InChI=1S/C13H15ClN2S/c1-8-6-10(14)4-5-11(8)13-16-12(7-17-13)9(2)15-3/h4-7,9,15H,1-3H3. The Morgan fingerprint density at radius 1 is 1.41 bits per heavy atom. The van der Waals surface area contributed by atoms with Gasteiger partial charge in [0.2, 0.25) is 0 Å². The predicted octanol–water partition coefficient (Wildman–Crippen LogP) is 4.05. The van der Waals surface area contributed by atoms with Crippen molar-refractivity contribution in [2.45, 2.75) is 19.9 Å². The summed E-state index contributed by atoms with van der Waals surface area (Å²) in [5.74, 6) is 0. The normalized spacial score (nSPS) is 12.7. The number of nitrogens with one attached hydrogen (secondary N) is 1. The van der Waals surface area contributed by atoms with Crippen LogP contribution in [0.25, 0.3) is 10.6 Å². The van der Waals surface area contributed by atoms with Gasteiger partial charge in [0.15, 0.2) is 0 Å². The fourth-order valence-corrected chi connectivity index (χ4v) is 2.85. The fourth-order valence-electron chi connectivity index (χ4n) is 1.62. The molecule has 17 heavy (non-hydrogen) atoms. The lowest BCUT2D eigenvalue weighted by Gasteiger charge is -2.05. The van der Waals surface area contributed by atoms with Crippen LogP contribution in [0.3, 0.4) is 0 Å². The molecule has 2 nitrogen and oxygen atoms in total. The first-order chi connectivity index (χ1) is 8.11.